The highest BCUT2D eigenvalue weighted by Gasteiger charge is 2.28. The van der Waals surface area contributed by atoms with Crippen molar-refractivity contribution in [2.75, 3.05) is 33.0 Å². The van der Waals surface area contributed by atoms with E-state index in [1.165, 1.54) is 0 Å². The van der Waals surface area contributed by atoms with E-state index >= 15 is 0 Å². The van der Waals surface area contributed by atoms with E-state index in [0.29, 0.717) is 0 Å². The van der Waals surface area contributed by atoms with Gasteiger partial charge in [0.2, 0.25) is 0 Å². The van der Waals surface area contributed by atoms with Crippen LogP contribution >= 0.6 is 0 Å². The number of esters is 1. The molecule has 0 amide bonds. The average Bonchev–Trinajstić information content (AvgIpc) is 2.45. The fourth-order valence-corrected chi connectivity index (χ4v) is 1.32. The lowest BCUT2D eigenvalue weighted by Crippen LogP contribution is -2.53. The minimum atomic E-state index is -1.16. The first-order chi connectivity index (χ1) is 10.3. The summed E-state index contributed by atoms with van der Waals surface area (Å²) in [6.07, 6.45) is -0.161. The van der Waals surface area contributed by atoms with Crippen LogP contribution in [-0.4, -0.2) is 66.7 Å². The van der Waals surface area contributed by atoms with Crippen molar-refractivity contribution in [3.8, 4) is 0 Å². The molecule has 0 spiro atoms. The first-order valence-corrected chi connectivity index (χ1v) is 6.82. The van der Waals surface area contributed by atoms with E-state index < -0.39 is 23.4 Å². The van der Waals surface area contributed by atoms with Gasteiger partial charge in [-0.1, -0.05) is 6.92 Å². The lowest BCUT2D eigenvalue weighted by Gasteiger charge is -2.28. The Bertz CT molecular complexity index is 349. The molecule has 128 valence electrons. The maximum absolute atomic E-state index is 11.2. The first-order valence-electron chi connectivity index (χ1n) is 6.82. The monoisotopic (exact) mass is 321 g/mol. The van der Waals surface area contributed by atoms with Crippen LogP contribution < -0.4 is 5.73 Å². The van der Waals surface area contributed by atoms with Crippen molar-refractivity contribution in [2.24, 2.45) is 5.73 Å². The summed E-state index contributed by atoms with van der Waals surface area (Å²) in [5.41, 5.74) is 4.85. The Labute approximate surface area is 128 Å². The molecule has 0 aliphatic rings. The molecule has 0 atom stereocenters. The first kappa shape index (κ1) is 20.3. The van der Waals surface area contributed by atoms with Gasteiger partial charge in [0.25, 0.3) is 0 Å². The molecule has 0 fully saturated rings. The van der Waals surface area contributed by atoms with Gasteiger partial charge in [0.15, 0.2) is 0 Å². The van der Waals surface area contributed by atoms with Crippen LogP contribution in [0.3, 0.4) is 0 Å². The third-order valence-corrected chi connectivity index (χ3v) is 2.51. The molecular weight excluding hydrogens is 298 g/mol. The van der Waals surface area contributed by atoms with E-state index in [2.05, 4.69) is 0 Å². The zero-order valence-corrected chi connectivity index (χ0v) is 12.6. The van der Waals surface area contributed by atoms with Crippen LogP contribution in [-0.2, 0) is 28.6 Å². The molecule has 0 aliphatic heterocycles. The van der Waals surface area contributed by atoms with E-state index in [4.69, 9.17) is 30.2 Å². The van der Waals surface area contributed by atoms with E-state index in [0.717, 1.165) is 0 Å². The van der Waals surface area contributed by atoms with Gasteiger partial charge in [-0.3, -0.25) is 14.4 Å². The SMILES string of the molecule is CCC(=O)OCC(N)(COCCC(=O)O)COCCC(=O)O. The number of aliphatic carboxylic acids is 2. The molecule has 0 aromatic carbocycles. The van der Waals surface area contributed by atoms with Gasteiger partial charge in [-0.25, -0.2) is 0 Å². The highest BCUT2D eigenvalue weighted by atomic mass is 16.5. The van der Waals surface area contributed by atoms with Crippen molar-refractivity contribution in [3.05, 3.63) is 0 Å². The Morgan fingerprint density at radius 2 is 1.41 bits per heavy atom. The lowest BCUT2D eigenvalue weighted by molar-refractivity contribution is -0.147. The fraction of sp³-hybridized carbons (Fsp3) is 0.769. The summed E-state index contributed by atoms with van der Waals surface area (Å²) in [6.45, 7) is 1.23. The maximum Gasteiger partial charge on any atom is 0.305 e. The second kappa shape index (κ2) is 10.9. The number of carboxylic acid groups (broad SMARTS) is 2. The minimum absolute atomic E-state index is 0.0366. The van der Waals surface area contributed by atoms with Crippen LogP contribution in [0, 0.1) is 0 Å². The van der Waals surface area contributed by atoms with Crippen molar-refractivity contribution in [1.82, 2.24) is 0 Å². The summed E-state index contributed by atoms with van der Waals surface area (Å²) in [6, 6.07) is 0. The number of carbonyl (C=O) groups is 3. The third kappa shape index (κ3) is 11.0. The number of hydrogen-bond donors (Lipinski definition) is 3. The molecule has 4 N–H and O–H groups in total. The predicted molar refractivity (Wildman–Crippen MR) is 74.3 cm³/mol. The summed E-state index contributed by atoms with van der Waals surface area (Å²) >= 11 is 0. The zero-order chi connectivity index (χ0) is 17.0. The van der Waals surface area contributed by atoms with Crippen LogP contribution in [0.25, 0.3) is 0 Å². The average molecular weight is 321 g/mol. The summed E-state index contributed by atoms with van der Waals surface area (Å²) in [5, 5.41) is 17.0. The maximum atomic E-state index is 11.2. The van der Waals surface area contributed by atoms with Crippen LogP contribution in [0.2, 0.25) is 0 Å². The Balaban J connectivity index is 4.29. The fourth-order valence-electron chi connectivity index (χ4n) is 1.32. The number of nitrogens with two attached hydrogens (primary N) is 1. The molecule has 9 heteroatoms. The summed E-state index contributed by atoms with van der Waals surface area (Å²) in [7, 11) is 0. The lowest BCUT2D eigenvalue weighted by atomic mass is 10.1. The zero-order valence-electron chi connectivity index (χ0n) is 12.6. The topological polar surface area (TPSA) is 145 Å². The molecule has 0 heterocycles. The molecule has 0 bridgehead atoms. The van der Waals surface area contributed by atoms with E-state index in [-0.39, 0.29) is 52.3 Å². The number of rotatable bonds is 13. The minimum Gasteiger partial charge on any atom is -0.481 e. The van der Waals surface area contributed by atoms with Crippen LogP contribution in [0.4, 0.5) is 0 Å². The summed E-state index contributed by atoms with van der Waals surface area (Å²) in [4.78, 5) is 32.0. The number of carboxylic acids is 2. The number of ether oxygens (including phenoxy) is 3. The van der Waals surface area contributed by atoms with Crippen molar-refractivity contribution < 1.29 is 38.8 Å². The predicted octanol–water partition coefficient (Wildman–Crippen LogP) is -0.380. The summed E-state index contributed by atoms with van der Waals surface area (Å²) < 4.78 is 15.3. The van der Waals surface area contributed by atoms with Crippen LogP contribution in [0.5, 0.6) is 0 Å². The van der Waals surface area contributed by atoms with Gasteiger partial charge in [-0.05, 0) is 0 Å². The molecule has 0 aliphatic carbocycles. The molecule has 0 saturated heterocycles. The van der Waals surface area contributed by atoms with Crippen LogP contribution in [0.1, 0.15) is 26.2 Å². The second-order valence-corrected chi connectivity index (χ2v) is 4.77. The van der Waals surface area contributed by atoms with Gasteiger partial charge >= 0.3 is 17.9 Å². The molecule has 9 nitrogen and oxygen atoms in total. The van der Waals surface area contributed by atoms with Crippen molar-refractivity contribution in [2.45, 2.75) is 31.7 Å². The van der Waals surface area contributed by atoms with Crippen LogP contribution in [0.15, 0.2) is 0 Å². The highest BCUT2D eigenvalue weighted by Crippen LogP contribution is 2.06. The Hall–Kier alpha value is -1.71. The Kier molecular flexibility index (Phi) is 10.1. The second-order valence-electron chi connectivity index (χ2n) is 4.77. The quantitative estimate of drug-likeness (QED) is 0.305. The molecule has 0 radical (unpaired) electrons. The standard InChI is InChI=1S/C13H23NO8/c1-2-12(19)22-9-13(14,7-20-5-3-10(15)16)8-21-6-4-11(17)18/h2-9,14H2,1H3,(H,15,16)(H,17,18). The van der Waals surface area contributed by atoms with Gasteiger partial charge in [0.05, 0.1) is 44.8 Å². The molecular formula is C13H23NO8. The number of hydrogen-bond acceptors (Lipinski definition) is 7. The van der Waals surface area contributed by atoms with Gasteiger partial charge in [0, 0.05) is 6.42 Å². The van der Waals surface area contributed by atoms with Crippen molar-refractivity contribution in [3.63, 3.8) is 0 Å². The Morgan fingerprint density at radius 1 is 0.955 bits per heavy atom. The molecule has 0 rings (SSSR count). The van der Waals surface area contributed by atoms with Crippen molar-refractivity contribution in [1.29, 1.82) is 0 Å². The van der Waals surface area contributed by atoms with Gasteiger partial charge in [-0.2, -0.15) is 0 Å². The van der Waals surface area contributed by atoms with E-state index in [1.54, 1.807) is 6.92 Å². The molecule has 0 unspecified atom stereocenters. The van der Waals surface area contributed by atoms with Gasteiger partial charge < -0.3 is 30.2 Å². The summed E-state index contributed by atoms with van der Waals surface area (Å²) in [5.74, 6) is -2.44. The highest BCUT2D eigenvalue weighted by molar-refractivity contribution is 5.69. The number of carbonyl (C=O) groups excluding carboxylic acids is 1. The molecule has 0 aromatic rings. The molecule has 22 heavy (non-hydrogen) atoms. The molecule has 0 saturated carbocycles. The normalized spacial score (nSPS) is 11.2. The van der Waals surface area contributed by atoms with Gasteiger partial charge in [-0.15, -0.1) is 0 Å². The molecule has 0 aromatic heterocycles. The smallest absolute Gasteiger partial charge is 0.305 e. The third-order valence-electron chi connectivity index (χ3n) is 2.51. The Morgan fingerprint density at radius 3 is 1.77 bits per heavy atom. The largest absolute Gasteiger partial charge is 0.481 e. The van der Waals surface area contributed by atoms with E-state index in [1.807, 2.05) is 0 Å². The van der Waals surface area contributed by atoms with E-state index in [9.17, 15) is 14.4 Å². The van der Waals surface area contributed by atoms with Crippen molar-refractivity contribution >= 4 is 17.9 Å². The van der Waals surface area contributed by atoms with Gasteiger partial charge in [0.1, 0.15) is 6.61 Å².